The zero-order valence-electron chi connectivity index (χ0n) is 17.2. The summed E-state index contributed by atoms with van der Waals surface area (Å²) < 4.78 is 31.2. The number of nitrogens with zero attached hydrogens (tertiary/aromatic N) is 1. The van der Waals surface area contributed by atoms with Crippen LogP contribution in [0.15, 0.2) is 78.2 Å². The van der Waals surface area contributed by atoms with Crippen molar-refractivity contribution in [3.63, 3.8) is 0 Å². The van der Waals surface area contributed by atoms with E-state index < -0.39 is 17.7 Å². The number of allylic oxidation sites excluding steroid dienone is 1. The zero-order chi connectivity index (χ0) is 22.7. The van der Waals surface area contributed by atoms with Crippen LogP contribution in [0, 0.1) is 17.1 Å². The van der Waals surface area contributed by atoms with Crippen LogP contribution >= 0.6 is 0 Å². The highest BCUT2D eigenvalue weighted by atomic mass is 19.1. The van der Waals surface area contributed by atoms with E-state index in [2.05, 4.69) is 0 Å². The Morgan fingerprint density at radius 1 is 1.12 bits per heavy atom. The highest BCUT2D eigenvalue weighted by Crippen LogP contribution is 2.44. The highest BCUT2D eigenvalue weighted by Gasteiger charge is 2.32. The second-order valence-corrected chi connectivity index (χ2v) is 6.96. The molecule has 0 saturated carbocycles. The van der Waals surface area contributed by atoms with Gasteiger partial charge in [-0.1, -0.05) is 36.4 Å². The Morgan fingerprint density at radius 2 is 1.88 bits per heavy atom. The number of hydrogen-bond acceptors (Lipinski definition) is 6. The number of rotatable bonds is 5. The first-order valence-electron chi connectivity index (χ1n) is 9.93. The molecule has 3 aromatic rings. The number of hydrogen-bond donors (Lipinski definition) is 1. The van der Waals surface area contributed by atoms with Gasteiger partial charge in [0.15, 0.2) is 0 Å². The molecule has 1 unspecified atom stereocenters. The molecule has 160 valence electrons. The molecule has 7 heteroatoms. The third kappa shape index (κ3) is 3.86. The van der Waals surface area contributed by atoms with Crippen molar-refractivity contribution in [3.8, 4) is 23.3 Å². The maximum atomic E-state index is 14.5. The topological polar surface area (TPSA) is 94.6 Å². The molecular formula is C25H19FN2O4. The summed E-state index contributed by atoms with van der Waals surface area (Å²) in [6.45, 7) is 2.23. The van der Waals surface area contributed by atoms with Crippen LogP contribution in [0.25, 0.3) is 0 Å². The van der Waals surface area contributed by atoms with E-state index >= 15 is 0 Å². The van der Waals surface area contributed by atoms with Gasteiger partial charge in [0, 0.05) is 17.2 Å². The number of halogens is 1. The number of carbonyl (C=O) groups is 1. The van der Waals surface area contributed by atoms with Gasteiger partial charge in [-0.2, -0.15) is 5.26 Å². The fourth-order valence-corrected chi connectivity index (χ4v) is 3.61. The van der Waals surface area contributed by atoms with Crippen molar-refractivity contribution in [2.45, 2.75) is 12.8 Å². The quantitative estimate of drug-likeness (QED) is 0.467. The van der Waals surface area contributed by atoms with E-state index in [0.717, 1.165) is 0 Å². The second-order valence-electron chi connectivity index (χ2n) is 6.96. The lowest BCUT2D eigenvalue weighted by atomic mass is 9.83. The minimum atomic E-state index is -0.742. The fourth-order valence-electron chi connectivity index (χ4n) is 3.61. The normalized spacial score (nSPS) is 14.7. The Labute approximate surface area is 184 Å². The zero-order valence-corrected chi connectivity index (χ0v) is 17.2. The van der Waals surface area contributed by atoms with Gasteiger partial charge in [-0.15, -0.1) is 0 Å². The third-order valence-corrected chi connectivity index (χ3v) is 5.02. The van der Waals surface area contributed by atoms with Gasteiger partial charge in [0.25, 0.3) is 0 Å². The average Bonchev–Trinajstić information content (AvgIpc) is 2.79. The summed E-state index contributed by atoms with van der Waals surface area (Å²) in [4.78, 5) is 12.7. The van der Waals surface area contributed by atoms with Gasteiger partial charge in [-0.05, 0) is 31.2 Å². The molecule has 0 saturated heterocycles. The van der Waals surface area contributed by atoms with E-state index in [1.807, 2.05) is 13.0 Å². The van der Waals surface area contributed by atoms with E-state index in [9.17, 15) is 14.4 Å². The van der Waals surface area contributed by atoms with Crippen LogP contribution in [0.1, 0.15) is 34.3 Å². The van der Waals surface area contributed by atoms with Crippen molar-refractivity contribution >= 4 is 5.97 Å². The minimum Gasteiger partial charge on any atom is -0.493 e. The Bertz CT molecular complexity index is 1260. The summed E-state index contributed by atoms with van der Waals surface area (Å²) in [5, 5.41) is 9.61. The van der Waals surface area contributed by atoms with Crippen molar-refractivity contribution in [3.05, 3.63) is 101 Å². The fraction of sp³-hybridized carbons (Fsp3) is 0.120. The molecule has 2 N–H and O–H groups in total. The molecular weight excluding hydrogens is 411 g/mol. The molecule has 6 nitrogen and oxygen atoms in total. The lowest BCUT2D eigenvalue weighted by Gasteiger charge is -2.27. The van der Waals surface area contributed by atoms with Crippen molar-refractivity contribution in [1.29, 1.82) is 5.26 Å². The first-order valence-corrected chi connectivity index (χ1v) is 9.93. The van der Waals surface area contributed by atoms with Gasteiger partial charge < -0.3 is 19.9 Å². The van der Waals surface area contributed by atoms with Crippen molar-refractivity contribution < 1.29 is 23.4 Å². The number of esters is 1. The summed E-state index contributed by atoms with van der Waals surface area (Å²) in [5.41, 5.74) is 7.19. The van der Waals surface area contributed by atoms with E-state index in [1.165, 1.54) is 12.1 Å². The van der Waals surface area contributed by atoms with Crippen molar-refractivity contribution in [2.75, 3.05) is 6.61 Å². The molecule has 0 aromatic heterocycles. The molecule has 1 aliphatic heterocycles. The summed E-state index contributed by atoms with van der Waals surface area (Å²) >= 11 is 0. The van der Waals surface area contributed by atoms with Crippen LogP contribution in [0.2, 0.25) is 0 Å². The smallest absolute Gasteiger partial charge is 0.347 e. The van der Waals surface area contributed by atoms with Crippen LogP contribution in [-0.2, 0) is 0 Å². The SMILES string of the molecule is CCOc1ccccc1C(=O)Oc1ccc2c(c1)OC(N)=C(C#N)C2c1ccccc1F. The number of fused-ring (bicyclic) bond motifs is 1. The van der Waals surface area contributed by atoms with Crippen LogP contribution in [-0.4, -0.2) is 12.6 Å². The monoisotopic (exact) mass is 430 g/mol. The highest BCUT2D eigenvalue weighted by molar-refractivity contribution is 5.94. The van der Waals surface area contributed by atoms with E-state index in [0.29, 0.717) is 23.5 Å². The molecule has 32 heavy (non-hydrogen) atoms. The van der Waals surface area contributed by atoms with Crippen molar-refractivity contribution in [1.82, 2.24) is 0 Å². The number of carbonyl (C=O) groups excluding carboxylic acids is 1. The number of nitrogens with two attached hydrogens (primary N) is 1. The van der Waals surface area contributed by atoms with Crippen LogP contribution in [0.4, 0.5) is 4.39 Å². The van der Waals surface area contributed by atoms with Gasteiger partial charge in [-0.25, -0.2) is 9.18 Å². The minimum absolute atomic E-state index is 0.109. The summed E-state index contributed by atoms with van der Waals surface area (Å²) in [7, 11) is 0. The number of benzene rings is 3. The van der Waals surface area contributed by atoms with E-state index in [-0.39, 0.29) is 28.5 Å². The van der Waals surface area contributed by atoms with Crippen LogP contribution < -0.4 is 19.9 Å². The summed E-state index contributed by atoms with van der Waals surface area (Å²) in [6, 6.07) is 19.6. The maximum absolute atomic E-state index is 14.5. The van der Waals surface area contributed by atoms with Gasteiger partial charge in [0.1, 0.15) is 40.3 Å². The molecule has 3 aromatic carbocycles. The molecule has 1 heterocycles. The summed E-state index contributed by atoms with van der Waals surface area (Å²) in [5.74, 6) is -1.03. The Kier molecular flexibility index (Phi) is 5.77. The number of para-hydroxylation sites is 1. The Hall–Kier alpha value is -4.31. The third-order valence-electron chi connectivity index (χ3n) is 5.02. The van der Waals surface area contributed by atoms with E-state index in [4.69, 9.17) is 19.9 Å². The standard InChI is InChI=1S/C25H19FN2O4/c1-2-30-21-10-6-4-8-18(21)25(29)31-15-11-12-17-22(13-15)32-24(28)19(14-27)23(17)16-7-3-5-9-20(16)26/h3-13,23H,2,28H2,1H3. The lowest BCUT2D eigenvalue weighted by molar-refractivity contribution is 0.0730. The number of nitriles is 1. The Balaban J connectivity index is 1.69. The summed E-state index contributed by atoms with van der Waals surface area (Å²) in [6.07, 6.45) is 0. The molecule has 4 rings (SSSR count). The van der Waals surface area contributed by atoms with Crippen molar-refractivity contribution in [2.24, 2.45) is 5.73 Å². The molecule has 0 aliphatic carbocycles. The number of ether oxygens (including phenoxy) is 3. The molecule has 0 spiro atoms. The molecule has 0 radical (unpaired) electrons. The molecule has 0 fully saturated rings. The van der Waals surface area contributed by atoms with Gasteiger partial charge in [0.05, 0.1) is 12.5 Å². The van der Waals surface area contributed by atoms with E-state index in [1.54, 1.807) is 54.6 Å². The largest absolute Gasteiger partial charge is 0.493 e. The van der Waals surface area contributed by atoms with Crippen LogP contribution in [0.5, 0.6) is 17.2 Å². The predicted molar refractivity (Wildman–Crippen MR) is 115 cm³/mol. The average molecular weight is 430 g/mol. The first kappa shape index (κ1) is 20.9. The second kappa shape index (κ2) is 8.82. The Morgan fingerprint density at radius 3 is 2.62 bits per heavy atom. The van der Waals surface area contributed by atoms with Gasteiger partial charge >= 0.3 is 5.97 Å². The molecule has 0 amide bonds. The first-order chi connectivity index (χ1) is 15.5. The molecule has 0 bridgehead atoms. The van der Waals surface area contributed by atoms with Crippen LogP contribution in [0.3, 0.4) is 0 Å². The molecule has 1 atom stereocenters. The molecule has 1 aliphatic rings. The lowest BCUT2D eigenvalue weighted by Crippen LogP contribution is -2.21. The van der Waals surface area contributed by atoms with Gasteiger partial charge in [0.2, 0.25) is 5.88 Å². The maximum Gasteiger partial charge on any atom is 0.347 e. The van der Waals surface area contributed by atoms with Gasteiger partial charge in [-0.3, -0.25) is 0 Å². The predicted octanol–water partition coefficient (Wildman–Crippen LogP) is 4.66.